The number of hydrogen-bond acceptors (Lipinski definition) is 4. The molecule has 3 aromatic rings. The van der Waals surface area contributed by atoms with Gasteiger partial charge in [-0.15, -0.1) is 0 Å². The molecule has 4 amide bonds. The molecular weight excluding hydrogens is 569 g/mol. The van der Waals surface area contributed by atoms with Gasteiger partial charge in [-0.2, -0.15) is 0 Å². The average molecular weight is 601 g/mol. The number of carbonyl (C=O) groups excluding carboxylic acids is 3. The van der Waals surface area contributed by atoms with Crippen LogP contribution in [0.1, 0.15) is 43.4 Å². The van der Waals surface area contributed by atoms with E-state index in [0.29, 0.717) is 60.9 Å². The van der Waals surface area contributed by atoms with Crippen molar-refractivity contribution in [2.24, 2.45) is 0 Å². The maximum absolute atomic E-state index is 14.1. The highest BCUT2D eigenvalue weighted by atomic mass is 35.5. The van der Waals surface area contributed by atoms with E-state index in [-0.39, 0.29) is 24.8 Å². The van der Waals surface area contributed by atoms with E-state index in [0.717, 1.165) is 22.2 Å². The van der Waals surface area contributed by atoms with Crippen molar-refractivity contribution < 1.29 is 24.3 Å². The molecule has 10 nitrogen and oxygen atoms in total. The van der Waals surface area contributed by atoms with E-state index in [4.69, 9.17) is 28.3 Å². The highest BCUT2D eigenvalue weighted by Crippen LogP contribution is 2.33. The summed E-state index contributed by atoms with van der Waals surface area (Å²) in [6, 6.07) is 10.7. The van der Waals surface area contributed by atoms with E-state index >= 15 is 0 Å². The van der Waals surface area contributed by atoms with Crippen LogP contribution >= 0.6 is 23.2 Å². The van der Waals surface area contributed by atoms with E-state index in [2.05, 4.69) is 15.6 Å². The number of fused-ring (bicyclic) bond motifs is 3. The fraction of sp³-hybridized carbons (Fsp3) is 0.379. The van der Waals surface area contributed by atoms with Crippen molar-refractivity contribution in [1.29, 1.82) is 0 Å². The fourth-order valence-corrected chi connectivity index (χ4v) is 5.93. The number of hydrogen-bond donors (Lipinski definition) is 4. The molecule has 5 rings (SSSR count). The first-order valence-corrected chi connectivity index (χ1v) is 14.4. The van der Waals surface area contributed by atoms with E-state index in [9.17, 15) is 19.2 Å². The van der Waals surface area contributed by atoms with E-state index in [1.807, 2.05) is 24.3 Å². The van der Waals surface area contributed by atoms with Crippen molar-refractivity contribution in [2.75, 3.05) is 18.4 Å². The number of urea groups is 1. The van der Waals surface area contributed by atoms with Crippen molar-refractivity contribution in [3.63, 3.8) is 0 Å². The van der Waals surface area contributed by atoms with Crippen molar-refractivity contribution >= 4 is 63.6 Å². The topological polar surface area (TPSA) is 135 Å². The Kier molecular flexibility index (Phi) is 8.70. The third-order valence-corrected chi connectivity index (χ3v) is 8.42. The first kappa shape index (κ1) is 28.8. The van der Waals surface area contributed by atoms with Gasteiger partial charge in [0, 0.05) is 48.2 Å². The first-order valence-electron chi connectivity index (χ1n) is 13.6. The fourth-order valence-electron chi connectivity index (χ4n) is 5.64. The Labute approximate surface area is 247 Å². The number of aromatic nitrogens is 1. The number of aliphatic carboxylic acids is 1. The highest BCUT2D eigenvalue weighted by molar-refractivity contribution is 6.42. The SMILES string of the molecule is O=C(O)CCCCNC(=O)[C@@H]1CCCN1C(=O)[C@H]1Cc2c([nH]c3ccccc23)CN1C(=O)Nc1ccc(Cl)c(Cl)c1. The molecule has 1 fully saturated rings. The molecule has 1 aromatic heterocycles. The second kappa shape index (κ2) is 12.4. The molecule has 4 N–H and O–H groups in total. The Morgan fingerprint density at radius 1 is 1.00 bits per heavy atom. The van der Waals surface area contributed by atoms with Gasteiger partial charge in [0.25, 0.3) is 0 Å². The predicted octanol–water partition coefficient (Wildman–Crippen LogP) is 4.80. The molecule has 2 aliphatic heterocycles. The second-order valence-electron chi connectivity index (χ2n) is 10.4. The molecule has 216 valence electrons. The molecule has 0 aliphatic carbocycles. The Hall–Kier alpha value is -3.76. The first-order chi connectivity index (χ1) is 19.7. The summed E-state index contributed by atoms with van der Waals surface area (Å²) in [5.41, 5.74) is 3.21. The number of carboxylic acid groups (broad SMARTS) is 1. The molecule has 41 heavy (non-hydrogen) atoms. The lowest BCUT2D eigenvalue weighted by Gasteiger charge is -2.38. The molecule has 2 aliphatic rings. The molecule has 0 unspecified atom stereocenters. The predicted molar refractivity (Wildman–Crippen MR) is 156 cm³/mol. The molecule has 0 bridgehead atoms. The van der Waals surface area contributed by atoms with Crippen LogP contribution in [0.25, 0.3) is 10.9 Å². The van der Waals surface area contributed by atoms with Gasteiger partial charge >= 0.3 is 12.0 Å². The summed E-state index contributed by atoms with van der Waals surface area (Å²) in [7, 11) is 0. The number of carboxylic acids is 1. The highest BCUT2D eigenvalue weighted by Gasteiger charge is 2.43. The van der Waals surface area contributed by atoms with Crippen LogP contribution < -0.4 is 10.6 Å². The maximum Gasteiger partial charge on any atom is 0.322 e. The molecule has 2 atom stereocenters. The molecule has 0 radical (unpaired) electrons. The minimum absolute atomic E-state index is 0.0432. The Balaban J connectivity index is 1.37. The average Bonchev–Trinajstić information content (AvgIpc) is 3.58. The van der Waals surface area contributed by atoms with E-state index in [1.54, 1.807) is 23.1 Å². The molecule has 2 aromatic carbocycles. The number of aromatic amines is 1. The van der Waals surface area contributed by atoms with Gasteiger partial charge in [-0.05, 0) is 55.5 Å². The van der Waals surface area contributed by atoms with Gasteiger partial charge in [0.05, 0.1) is 16.6 Å². The number of H-pyrrole nitrogens is 1. The quantitative estimate of drug-likeness (QED) is 0.276. The number of carbonyl (C=O) groups is 4. The van der Waals surface area contributed by atoms with Gasteiger partial charge in [-0.25, -0.2) is 4.79 Å². The molecule has 1 saturated heterocycles. The number of nitrogens with zero attached hydrogens (tertiary/aromatic N) is 2. The number of nitrogens with one attached hydrogen (secondary N) is 3. The number of unbranched alkanes of at least 4 members (excludes halogenated alkanes) is 1. The normalized spacial score (nSPS) is 18.3. The number of rotatable bonds is 8. The second-order valence-corrected chi connectivity index (χ2v) is 11.2. The summed E-state index contributed by atoms with van der Waals surface area (Å²) in [5.74, 6) is -1.42. The van der Waals surface area contributed by atoms with E-state index < -0.39 is 24.1 Å². The summed E-state index contributed by atoms with van der Waals surface area (Å²) in [6.07, 6.45) is 2.53. The van der Waals surface area contributed by atoms with Crippen LogP contribution in [-0.4, -0.2) is 68.9 Å². The Morgan fingerprint density at radius 2 is 1.80 bits per heavy atom. The number of anilines is 1. The summed E-state index contributed by atoms with van der Waals surface area (Å²) in [5, 5.41) is 16.2. The molecule has 12 heteroatoms. The van der Waals surface area contributed by atoms with Crippen LogP contribution in [0.3, 0.4) is 0 Å². The zero-order valence-electron chi connectivity index (χ0n) is 22.3. The summed E-state index contributed by atoms with van der Waals surface area (Å²) in [4.78, 5) is 58.0. The molecular formula is C29H31Cl2N5O5. The number of halogens is 2. The molecule has 3 heterocycles. The van der Waals surface area contributed by atoms with Gasteiger partial charge in [0.1, 0.15) is 12.1 Å². The largest absolute Gasteiger partial charge is 0.481 e. The van der Waals surface area contributed by atoms with Gasteiger partial charge in [-0.3, -0.25) is 14.4 Å². The minimum Gasteiger partial charge on any atom is -0.481 e. The zero-order valence-corrected chi connectivity index (χ0v) is 23.8. The van der Waals surface area contributed by atoms with Gasteiger partial charge in [-0.1, -0.05) is 41.4 Å². The van der Waals surface area contributed by atoms with Crippen LogP contribution in [0.5, 0.6) is 0 Å². The van der Waals surface area contributed by atoms with Crippen LogP contribution in [0.4, 0.5) is 10.5 Å². The van der Waals surface area contributed by atoms with Crippen LogP contribution in [0, 0.1) is 0 Å². The lowest BCUT2D eigenvalue weighted by atomic mass is 9.95. The number of benzene rings is 2. The van der Waals surface area contributed by atoms with Crippen molar-refractivity contribution in [2.45, 2.75) is 57.2 Å². The van der Waals surface area contributed by atoms with Gasteiger partial charge in [0.2, 0.25) is 11.8 Å². The van der Waals surface area contributed by atoms with Crippen molar-refractivity contribution in [3.05, 3.63) is 63.8 Å². The maximum atomic E-state index is 14.1. The van der Waals surface area contributed by atoms with Crippen molar-refractivity contribution in [3.8, 4) is 0 Å². The number of para-hydroxylation sites is 1. The molecule has 0 spiro atoms. The number of likely N-dealkylation sites (tertiary alicyclic amines) is 1. The van der Waals surface area contributed by atoms with Gasteiger partial charge < -0.3 is 30.5 Å². The standard InChI is InChI=1S/C29H31Cl2N5O5/c30-20-11-10-17(14-21(20)31)33-29(41)36-16-23-19(18-6-1-2-7-22(18)34-23)15-25(36)28(40)35-13-5-8-24(35)27(39)32-12-4-3-9-26(37)38/h1-2,6-7,10-11,14,24-25,34H,3-5,8-9,12-13,15-16H2,(H,32,39)(H,33,41)(H,37,38)/t24-,25+/m0/s1. The Bertz CT molecular complexity index is 1490. The van der Waals surface area contributed by atoms with Crippen LogP contribution in [0.2, 0.25) is 10.0 Å². The van der Waals surface area contributed by atoms with Crippen molar-refractivity contribution in [1.82, 2.24) is 20.1 Å². The number of amides is 4. The smallest absolute Gasteiger partial charge is 0.322 e. The Morgan fingerprint density at radius 3 is 2.59 bits per heavy atom. The third-order valence-electron chi connectivity index (χ3n) is 7.68. The lowest BCUT2D eigenvalue weighted by Crippen LogP contribution is -2.57. The minimum atomic E-state index is -0.873. The lowest BCUT2D eigenvalue weighted by molar-refractivity contribution is -0.142. The van der Waals surface area contributed by atoms with Crippen LogP contribution in [-0.2, 0) is 27.3 Å². The van der Waals surface area contributed by atoms with Crippen LogP contribution in [0.15, 0.2) is 42.5 Å². The van der Waals surface area contributed by atoms with Gasteiger partial charge in [0.15, 0.2) is 0 Å². The molecule has 0 saturated carbocycles. The summed E-state index contributed by atoms with van der Waals surface area (Å²) >= 11 is 12.2. The zero-order chi connectivity index (χ0) is 29.1. The summed E-state index contributed by atoms with van der Waals surface area (Å²) < 4.78 is 0. The summed E-state index contributed by atoms with van der Waals surface area (Å²) in [6.45, 7) is 0.933. The van der Waals surface area contributed by atoms with E-state index in [1.165, 1.54) is 4.90 Å². The monoisotopic (exact) mass is 599 g/mol. The third kappa shape index (κ3) is 6.28.